The molecule has 0 N–H and O–H groups in total. The highest BCUT2D eigenvalue weighted by atomic mass is 35.5. The molecule has 0 aromatic heterocycles. The van der Waals surface area contributed by atoms with E-state index in [9.17, 15) is 14.4 Å². The first kappa shape index (κ1) is 18.7. The number of rotatable bonds is 5. The first-order valence-corrected chi connectivity index (χ1v) is 9.42. The minimum absolute atomic E-state index is 0.123. The van der Waals surface area contributed by atoms with Gasteiger partial charge in [-0.3, -0.25) is 9.59 Å². The Morgan fingerprint density at radius 2 is 1.89 bits per heavy atom. The largest absolute Gasteiger partial charge is 0.478 e. The van der Waals surface area contributed by atoms with Gasteiger partial charge < -0.3 is 9.47 Å². The van der Waals surface area contributed by atoms with E-state index in [1.54, 1.807) is 25.1 Å². The molecule has 4 rings (SSSR count). The van der Waals surface area contributed by atoms with Gasteiger partial charge in [-0.15, -0.1) is 0 Å². The number of allylic oxidation sites excluding steroid dienone is 2. The molecule has 2 amide bonds. The maximum atomic E-state index is 12.7. The molecule has 2 fully saturated rings. The number of methoxy groups -OCH3 is 1. The van der Waals surface area contributed by atoms with Crippen molar-refractivity contribution in [3.8, 4) is 5.75 Å². The summed E-state index contributed by atoms with van der Waals surface area (Å²) in [6, 6.07) is 4.79. The summed E-state index contributed by atoms with van der Waals surface area (Å²) in [5, 5.41) is 5.52. The number of ether oxygens (including phenoxy) is 2. The molecule has 8 heteroatoms. The third-order valence-electron chi connectivity index (χ3n) is 5.57. The van der Waals surface area contributed by atoms with Crippen molar-refractivity contribution in [2.75, 3.05) is 7.11 Å². The van der Waals surface area contributed by atoms with E-state index in [-0.39, 0.29) is 35.5 Å². The van der Waals surface area contributed by atoms with Gasteiger partial charge in [-0.05, 0) is 43.4 Å². The van der Waals surface area contributed by atoms with Crippen molar-refractivity contribution in [2.24, 2.45) is 28.8 Å². The topological polar surface area (TPSA) is 85.3 Å². The van der Waals surface area contributed by atoms with E-state index >= 15 is 0 Å². The highest BCUT2D eigenvalue weighted by Gasteiger charge is 2.59. The maximum Gasteiger partial charge on any atom is 0.346 e. The van der Waals surface area contributed by atoms with Crippen LogP contribution in [0.25, 0.3) is 0 Å². The molecule has 1 heterocycles. The number of hydrogen-bond donors (Lipinski definition) is 0. The average molecular weight is 403 g/mol. The Morgan fingerprint density at radius 3 is 2.50 bits per heavy atom. The lowest BCUT2D eigenvalue weighted by atomic mass is 9.85. The van der Waals surface area contributed by atoms with Crippen molar-refractivity contribution in [3.63, 3.8) is 0 Å². The number of halogens is 1. The predicted octanol–water partition coefficient (Wildman–Crippen LogP) is 2.42. The van der Waals surface area contributed by atoms with E-state index in [1.807, 2.05) is 12.2 Å². The fraction of sp³-hybridized carbons (Fsp3) is 0.400. The summed E-state index contributed by atoms with van der Waals surface area (Å²) in [6.07, 6.45) is 5.44. The second-order valence-electron chi connectivity index (χ2n) is 7.20. The van der Waals surface area contributed by atoms with E-state index in [1.165, 1.54) is 13.3 Å². The van der Waals surface area contributed by atoms with E-state index in [2.05, 4.69) is 9.84 Å². The Hall–Kier alpha value is -2.67. The van der Waals surface area contributed by atoms with Crippen LogP contribution in [-0.2, 0) is 19.1 Å². The summed E-state index contributed by atoms with van der Waals surface area (Å²) in [5.41, 5.74) is 0.446. The molecule has 1 aromatic carbocycles. The van der Waals surface area contributed by atoms with Crippen molar-refractivity contribution < 1.29 is 23.9 Å². The second-order valence-corrected chi connectivity index (χ2v) is 7.63. The lowest BCUT2D eigenvalue weighted by molar-refractivity contribution is -0.148. The van der Waals surface area contributed by atoms with Gasteiger partial charge in [0.1, 0.15) is 5.75 Å². The molecule has 2 aliphatic carbocycles. The van der Waals surface area contributed by atoms with Crippen LogP contribution in [-0.4, -0.2) is 42.2 Å². The fourth-order valence-corrected chi connectivity index (χ4v) is 4.43. The van der Waals surface area contributed by atoms with Crippen molar-refractivity contribution in [1.82, 2.24) is 5.01 Å². The third kappa shape index (κ3) is 2.99. The van der Waals surface area contributed by atoms with Crippen LogP contribution >= 0.6 is 11.6 Å². The Morgan fingerprint density at radius 1 is 1.25 bits per heavy atom. The van der Waals surface area contributed by atoms with E-state index in [0.717, 1.165) is 11.4 Å². The predicted molar refractivity (Wildman–Crippen MR) is 101 cm³/mol. The van der Waals surface area contributed by atoms with Crippen LogP contribution in [0, 0.1) is 23.7 Å². The van der Waals surface area contributed by atoms with Gasteiger partial charge in [0.15, 0.2) is 6.10 Å². The zero-order valence-corrected chi connectivity index (χ0v) is 16.1. The SMILES string of the molecule is COC(=O)C(C)Oc1ccc(Cl)cc1C=NN1C(=O)C2C3C=CC(C3)C2C1=O. The first-order valence-electron chi connectivity index (χ1n) is 9.05. The Labute approximate surface area is 166 Å². The van der Waals surface area contributed by atoms with Gasteiger partial charge in [-0.2, -0.15) is 10.1 Å². The lowest BCUT2D eigenvalue weighted by Crippen LogP contribution is -2.28. The van der Waals surface area contributed by atoms with Crippen LogP contribution in [0.15, 0.2) is 35.5 Å². The number of nitrogens with zero attached hydrogens (tertiary/aromatic N) is 2. The van der Waals surface area contributed by atoms with Crippen LogP contribution in [0.1, 0.15) is 18.9 Å². The molecule has 28 heavy (non-hydrogen) atoms. The van der Waals surface area contributed by atoms with Gasteiger partial charge in [0.25, 0.3) is 11.8 Å². The first-order chi connectivity index (χ1) is 13.4. The van der Waals surface area contributed by atoms with Crippen LogP contribution < -0.4 is 4.74 Å². The number of carbonyl (C=O) groups is 3. The number of carbonyl (C=O) groups excluding carboxylic acids is 3. The van der Waals surface area contributed by atoms with Gasteiger partial charge in [0, 0.05) is 10.6 Å². The van der Waals surface area contributed by atoms with Crippen LogP contribution in [0.4, 0.5) is 0 Å². The normalized spacial score (nSPS) is 28.9. The van der Waals surface area contributed by atoms with Gasteiger partial charge in [-0.25, -0.2) is 4.79 Å². The molecule has 0 radical (unpaired) electrons. The summed E-state index contributed by atoms with van der Waals surface area (Å²) in [6.45, 7) is 1.55. The standard InChI is InChI=1S/C20H19ClN2O5/c1-10(20(26)27-2)28-15-6-5-14(21)8-13(15)9-22-23-18(24)16-11-3-4-12(7-11)17(16)19(23)25/h3-6,8-12,16-17H,7H2,1-2H3. The summed E-state index contributed by atoms with van der Waals surface area (Å²) >= 11 is 6.06. The van der Waals surface area contributed by atoms with Gasteiger partial charge in [0.05, 0.1) is 25.2 Å². The monoisotopic (exact) mass is 402 g/mol. The molecular weight excluding hydrogens is 384 g/mol. The van der Waals surface area contributed by atoms with Gasteiger partial charge in [-0.1, -0.05) is 23.8 Å². The summed E-state index contributed by atoms with van der Waals surface area (Å²) in [4.78, 5) is 37.0. The molecule has 5 unspecified atom stereocenters. The minimum Gasteiger partial charge on any atom is -0.478 e. The van der Waals surface area contributed by atoms with Crippen molar-refractivity contribution in [3.05, 3.63) is 40.9 Å². The molecular formula is C20H19ClN2O5. The fourth-order valence-electron chi connectivity index (χ4n) is 4.25. The van der Waals surface area contributed by atoms with Gasteiger partial charge >= 0.3 is 5.97 Å². The summed E-state index contributed by atoms with van der Waals surface area (Å²) in [5.74, 6) is -1.10. The average Bonchev–Trinajstić information content (AvgIpc) is 3.36. The van der Waals surface area contributed by atoms with Crippen LogP contribution in [0.3, 0.4) is 0 Å². The van der Waals surface area contributed by atoms with Crippen molar-refractivity contribution in [1.29, 1.82) is 0 Å². The zero-order chi connectivity index (χ0) is 20.0. The third-order valence-corrected chi connectivity index (χ3v) is 5.80. The Balaban J connectivity index is 1.57. The number of hydrogen-bond acceptors (Lipinski definition) is 6. The Kier molecular flexibility index (Phi) is 4.71. The molecule has 1 aromatic rings. The zero-order valence-electron chi connectivity index (χ0n) is 15.4. The number of amides is 2. The van der Waals surface area contributed by atoms with Crippen molar-refractivity contribution >= 4 is 35.6 Å². The van der Waals surface area contributed by atoms with Crippen molar-refractivity contribution in [2.45, 2.75) is 19.4 Å². The smallest absolute Gasteiger partial charge is 0.346 e. The quantitative estimate of drug-likeness (QED) is 0.327. The number of hydrazone groups is 1. The molecule has 1 saturated carbocycles. The van der Waals surface area contributed by atoms with Crippen LogP contribution in [0.2, 0.25) is 5.02 Å². The highest BCUT2D eigenvalue weighted by molar-refractivity contribution is 6.31. The summed E-state index contributed by atoms with van der Waals surface area (Å²) < 4.78 is 10.3. The number of fused-ring (bicyclic) bond motifs is 5. The number of benzene rings is 1. The molecule has 5 atom stereocenters. The van der Waals surface area contributed by atoms with E-state index in [0.29, 0.717) is 16.3 Å². The molecule has 7 nitrogen and oxygen atoms in total. The van der Waals surface area contributed by atoms with E-state index < -0.39 is 12.1 Å². The molecule has 2 bridgehead atoms. The Bertz CT molecular complexity index is 882. The number of imide groups is 1. The number of esters is 1. The van der Waals surface area contributed by atoms with Gasteiger partial charge in [0.2, 0.25) is 0 Å². The maximum absolute atomic E-state index is 12.7. The molecule has 3 aliphatic rings. The van der Waals surface area contributed by atoms with E-state index in [4.69, 9.17) is 16.3 Å². The highest BCUT2D eigenvalue weighted by Crippen LogP contribution is 2.52. The molecule has 146 valence electrons. The molecule has 1 aliphatic heterocycles. The second kappa shape index (κ2) is 7.05. The molecule has 0 spiro atoms. The lowest BCUT2D eigenvalue weighted by Gasteiger charge is -2.15. The minimum atomic E-state index is -0.838. The molecule has 1 saturated heterocycles. The summed E-state index contributed by atoms with van der Waals surface area (Å²) in [7, 11) is 1.27. The van der Waals surface area contributed by atoms with Crippen LogP contribution in [0.5, 0.6) is 5.75 Å².